The molecule has 0 aromatic heterocycles. The van der Waals surface area contributed by atoms with Crippen LogP contribution in [0.1, 0.15) is 51.5 Å². The van der Waals surface area contributed by atoms with Crippen LogP contribution in [0.5, 0.6) is 0 Å². The summed E-state index contributed by atoms with van der Waals surface area (Å²) in [5.74, 6) is -1.90. The van der Waals surface area contributed by atoms with Crippen LogP contribution in [0, 0.1) is 0 Å². The van der Waals surface area contributed by atoms with E-state index in [2.05, 4.69) is 20.9 Å². The maximum Gasteiger partial charge on any atom is 0.407 e. The predicted octanol–water partition coefficient (Wildman–Crippen LogP) is 0.553. The average Bonchev–Trinajstić information content (AvgIpc) is 3.40. The van der Waals surface area contributed by atoms with Crippen molar-refractivity contribution >= 4 is 29.5 Å². The molecule has 2 rings (SSSR count). The second-order valence-corrected chi connectivity index (χ2v) is 8.78. The van der Waals surface area contributed by atoms with Gasteiger partial charge in [-0.25, -0.2) is 4.79 Å². The lowest BCUT2D eigenvalue weighted by Crippen LogP contribution is -2.62. The van der Waals surface area contributed by atoms with Gasteiger partial charge in [-0.05, 0) is 51.1 Å². The monoisotopic (exact) mass is 502 g/mol. The van der Waals surface area contributed by atoms with Crippen molar-refractivity contribution in [2.45, 2.75) is 70.0 Å². The van der Waals surface area contributed by atoms with Crippen LogP contribution in [-0.4, -0.2) is 66.8 Å². The van der Waals surface area contributed by atoms with Gasteiger partial charge in [-0.3, -0.25) is 19.4 Å². The molecule has 1 aromatic rings. The summed E-state index contributed by atoms with van der Waals surface area (Å²) in [4.78, 5) is 56.3. The molecule has 1 saturated heterocycles. The fourth-order valence-corrected chi connectivity index (χ4v) is 4.25. The van der Waals surface area contributed by atoms with E-state index in [0.29, 0.717) is 19.4 Å². The highest BCUT2D eigenvalue weighted by molar-refractivity contribution is 6.42. The third-order valence-electron chi connectivity index (χ3n) is 6.22. The smallest absolute Gasteiger partial charge is 0.407 e. The van der Waals surface area contributed by atoms with Crippen LogP contribution in [-0.2, 0) is 25.5 Å². The molecule has 11 heteroatoms. The van der Waals surface area contributed by atoms with Crippen molar-refractivity contribution in [1.29, 1.82) is 0 Å². The molecule has 0 unspecified atom stereocenters. The summed E-state index contributed by atoms with van der Waals surface area (Å²) in [5, 5.41) is 8.46. The molecule has 2 amide bonds. The molecule has 0 aliphatic carbocycles. The molecule has 11 nitrogen and oxygen atoms in total. The Morgan fingerprint density at radius 3 is 2.50 bits per heavy atom. The van der Waals surface area contributed by atoms with E-state index in [4.69, 9.17) is 16.2 Å². The number of guanidine groups is 1. The Hall–Kier alpha value is -3.47. The summed E-state index contributed by atoms with van der Waals surface area (Å²) in [5.41, 5.74) is 10.2. The minimum atomic E-state index is -1.47. The number of ether oxygens (including phenoxy) is 1. The van der Waals surface area contributed by atoms with Gasteiger partial charge >= 0.3 is 6.09 Å². The molecule has 1 heterocycles. The van der Waals surface area contributed by atoms with Crippen molar-refractivity contribution < 1.29 is 23.9 Å². The van der Waals surface area contributed by atoms with Crippen molar-refractivity contribution in [3.63, 3.8) is 0 Å². The molecule has 1 fully saturated rings. The van der Waals surface area contributed by atoms with E-state index in [1.165, 1.54) is 0 Å². The van der Waals surface area contributed by atoms with E-state index in [-0.39, 0.29) is 38.4 Å². The number of hydrogen-bond acceptors (Lipinski definition) is 7. The van der Waals surface area contributed by atoms with E-state index < -0.39 is 41.2 Å². The standard InChI is InChI=1S/C25H38N6O5/c1-3-25(13-9-15-29-23(26)27,21(33)20(32)18-12-8-14-28-18)31-22(34)19(30-24(35)36-4-2)16-17-10-6-5-7-11-17/h5-7,10-11,18-19,28H,3-4,8-9,12-16H2,1-2H3,(H,30,35)(H,31,34)(H4,26,27,29)/t18-,19-,25-/m0/s1. The first-order chi connectivity index (χ1) is 17.2. The maximum atomic E-state index is 13.6. The number of Topliss-reactive ketones (excluding diaryl/α,β-unsaturated/α-hetero) is 2. The van der Waals surface area contributed by atoms with E-state index in [9.17, 15) is 19.2 Å². The third-order valence-corrected chi connectivity index (χ3v) is 6.22. The fraction of sp³-hybridized carbons (Fsp3) is 0.560. The van der Waals surface area contributed by atoms with Gasteiger partial charge in [-0.15, -0.1) is 0 Å². The number of carbonyl (C=O) groups is 4. The summed E-state index contributed by atoms with van der Waals surface area (Å²) in [6.07, 6.45) is 1.47. The summed E-state index contributed by atoms with van der Waals surface area (Å²) in [6, 6.07) is 7.55. The van der Waals surface area contributed by atoms with Crippen LogP contribution >= 0.6 is 0 Å². The van der Waals surface area contributed by atoms with Gasteiger partial charge in [0.05, 0.1) is 12.6 Å². The number of carbonyl (C=O) groups excluding carboxylic acids is 4. The zero-order valence-electron chi connectivity index (χ0n) is 21.0. The lowest BCUT2D eigenvalue weighted by Gasteiger charge is -2.34. The summed E-state index contributed by atoms with van der Waals surface area (Å²) < 4.78 is 4.97. The molecule has 198 valence electrons. The minimum absolute atomic E-state index is 0.0831. The summed E-state index contributed by atoms with van der Waals surface area (Å²) in [7, 11) is 0. The Labute approximate surface area is 211 Å². The van der Waals surface area contributed by atoms with Crippen LogP contribution in [0.4, 0.5) is 4.79 Å². The quantitative estimate of drug-likeness (QED) is 0.106. The molecule has 0 bridgehead atoms. The van der Waals surface area contributed by atoms with Gasteiger partial charge in [-0.2, -0.15) is 0 Å². The molecule has 7 N–H and O–H groups in total. The summed E-state index contributed by atoms with van der Waals surface area (Å²) in [6.45, 7) is 4.42. The molecule has 0 spiro atoms. The molecule has 36 heavy (non-hydrogen) atoms. The number of aliphatic imine (C=N–C) groups is 1. The molecular weight excluding hydrogens is 464 g/mol. The number of alkyl carbamates (subject to hydrolysis) is 1. The SMILES string of the molecule is CCOC(=O)N[C@@H](Cc1ccccc1)C(=O)N[C@@](CC)(CCCN=C(N)N)C(=O)C(=O)[C@@H]1CCCN1. The first-order valence-electron chi connectivity index (χ1n) is 12.4. The normalized spacial score (nSPS) is 17.3. The van der Waals surface area contributed by atoms with Crippen molar-refractivity contribution in [2.24, 2.45) is 16.5 Å². The van der Waals surface area contributed by atoms with E-state index in [1.54, 1.807) is 13.8 Å². The highest BCUT2D eigenvalue weighted by Crippen LogP contribution is 2.23. The molecule has 0 radical (unpaired) electrons. The Balaban J connectivity index is 2.31. The number of amides is 2. The first-order valence-corrected chi connectivity index (χ1v) is 12.4. The van der Waals surface area contributed by atoms with Gasteiger partial charge in [0.25, 0.3) is 0 Å². The minimum Gasteiger partial charge on any atom is -0.450 e. The molecular formula is C25H38N6O5. The van der Waals surface area contributed by atoms with Crippen LogP contribution in [0.3, 0.4) is 0 Å². The highest BCUT2D eigenvalue weighted by atomic mass is 16.5. The van der Waals surface area contributed by atoms with Crippen molar-refractivity contribution in [3.05, 3.63) is 35.9 Å². The molecule has 3 atom stereocenters. The molecule has 1 aliphatic heterocycles. The largest absolute Gasteiger partial charge is 0.450 e. The lowest BCUT2D eigenvalue weighted by molar-refractivity contribution is -0.143. The van der Waals surface area contributed by atoms with Gasteiger partial charge in [0.2, 0.25) is 17.5 Å². The van der Waals surface area contributed by atoms with Crippen LogP contribution in [0.2, 0.25) is 0 Å². The van der Waals surface area contributed by atoms with Crippen molar-refractivity contribution in [3.8, 4) is 0 Å². The molecule has 1 aliphatic rings. The Bertz CT molecular complexity index is 928. The van der Waals surface area contributed by atoms with Gasteiger partial charge in [0, 0.05) is 13.0 Å². The Kier molecular flexibility index (Phi) is 11.3. The number of nitrogens with one attached hydrogen (secondary N) is 3. The number of hydrogen-bond donors (Lipinski definition) is 5. The number of benzene rings is 1. The van der Waals surface area contributed by atoms with Gasteiger partial charge in [0.1, 0.15) is 11.6 Å². The van der Waals surface area contributed by atoms with E-state index in [0.717, 1.165) is 12.0 Å². The number of rotatable bonds is 14. The Morgan fingerprint density at radius 2 is 1.92 bits per heavy atom. The average molecular weight is 503 g/mol. The molecule has 1 aromatic carbocycles. The topological polar surface area (TPSA) is 178 Å². The van der Waals surface area contributed by atoms with Gasteiger partial charge in [-0.1, -0.05) is 37.3 Å². The predicted molar refractivity (Wildman–Crippen MR) is 136 cm³/mol. The second-order valence-electron chi connectivity index (χ2n) is 8.78. The first kappa shape index (κ1) is 28.8. The molecule has 0 saturated carbocycles. The highest BCUT2D eigenvalue weighted by Gasteiger charge is 2.44. The number of ketones is 2. The third kappa shape index (κ3) is 8.33. The number of nitrogens with two attached hydrogens (primary N) is 2. The zero-order valence-corrected chi connectivity index (χ0v) is 21.0. The van der Waals surface area contributed by atoms with Crippen LogP contribution in [0.25, 0.3) is 0 Å². The summed E-state index contributed by atoms with van der Waals surface area (Å²) >= 11 is 0. The van der Waals surface area contributed by atoms with Crippen LogP contribution < -0.4 is 27.4 Å². The zero-order chi connectivity index (χ0) is 26.6. The van der Waals surface area contributed by atoms with E-state index in [1.807, 2.05) is 30.3 Å². The lowest BCUT2D eigenvalue weighted by atomic mass is 9.81. The van der Waals surface area contributed by atoms with Crippen LogP contribution in [0.15, 0.2) is 35.3 Å². The van der Waals surface area contributed by atoms with Crippen molar-refractivity contribution in [2.75, 3.05) is 19.7 Å². The fourth-order valence-electron chi connectivity index (χ4n) is 4.25. The second kappa shape index (κ2) is 14.2. The van der Waals surface area contributed by atoms with Crippen molar-refractivity contribution in [1.82, 2.24) is 16.0 Å². The van der Waals surface area contributed by atoms with Gasteiger partial charge in [0.15, 0.2) is 5.96 Å². The maximum absolute atomic E-state index is 13.6. The number of nitrogens with zero attached hydrogens (tertiary/aromatic N) is 1. The van der Waals surface area contributed by atoms with Gasteiger partial charge < -0.3 is 32.2 Å². The van der Waals surface area contributed by atoms with E-state index >= 15 is 0 Å². The Morgan fingerprint density at radius 1 is 1.19 bits per heavy atom.